The lowest BCUT2D eigenvalue weighted by Crippen LogP contribution is -2.48. The molecule has 0 radical (unpaired) electrons. The van der Waals surface area contributed by atoms with Crippen LogP contribution in [0.25, 0.3) is 0 Å². The Morgan fingerprint density at radius 3 is 2.00 bits per heavy atom. The molecule has 0 unspecified atom stereocenters. The SMILES string of the molecule is Cc1ccc(OCCN(C)[C@@H]2c3ccccc3C3(CCNCC3)[C@H]2O)c(C)c1.O=C(O)C(F)(F)F.O=C(O)C(F)(F)F. The van der Waals surface area contributed by atoms with E-state index in [4.69, 9.17) is 24.5 Å². The molecule has 42 heavy (non-hydrogen) atoms. The molecular weight excluding hydrogens is 574 g/mol. The maximum Gasteiger partial charge on any atom is 0.490 e. The van der Waals surface area contributed by atoms with E-state index >= 15 is 0 Å². The van der Waals surface area contributed by atoms with Crippen LogP contribution < -0.4 is 10.1 Å². The summed E-state index contributed by atoms with van der Waals surface area (Å²) in [5.74, 6) is -4.57. The van der Waals surface area contributed by atoms with Gasteiger partial charge in [0.05, 0.1) is 12.1 Å². The zero-order chi connectivity index (χ0) is 31.9. The van der Waals surface area contributed by atoms with E-state index < -0.39 is 24.3 Å². The third-order valence-corrected chi connectivity index (χ3v) is 7.17. The highest BCUT2D eigenvalue weighted by atomic mass is 19.4. The summed E-state index contributed by atoms with van der Waals surface area (Å²) in [4.78, 5) is 20.1. The van der Waals surface area contributed by atoms with E-state index in [1.165, 1.54) is 22.3 Å². The second-order valence-electron chi connectivity index (χ2n) is 10.1. The van der Waals surface area contributed by atoms with Crippen LogP contribution in [-0.2, 0) is 15.0 Å². The monoisotopic (exact) mass is 608 g/mol. The molecule has 0 amide bonds. The summed E-state index contributed by atoms with van der Waals surface area (Å²) in [6, 6.07) is 14.9. The number of ether oxygens (including phenoxy) is 1. The van der Waals surface area contributed by atoms with Crippen molar-refractivity contribution in [3.8, 4) is 5.75 Å². The molecule has 2 aromatic rings. The van der Waals surface area contributed by atoms with Gasteiger partial charge < -0.3 is 25.4 Å². The van der Waals surface area contributed by atoms with Crippen molar-refractivity contribution in [2.45, 2.75) is 56.6 Å². The van der Waals surface area contributed by atoms with E-state index in [-0.39, 0.29) is 17.6 Å². The first kappa shape index (κ1) is 34.8. The number of aliphatic hydroxyl groups is 1. The maximum absolute atomic E-state index is 11.4. The van der Waals surface area contributed by atoms with Gasteiger partial charge >= 0.3 is 24.3 Å². The lowest BCUT2D eigenvalue weighted by atomic mass is 9.72. The standard InChI is InChI=1S/C24H32N2O2.2C2HF3O2/c1-17-8-9-21(18(2)16-17)28-15-14-26(3)22-19-6-4-5-7-20(19)24(23(22)27)10-12-25-13-11-24;2*3-2(4,5)1(6)7/h4-9,16,22-23,25,27H,10-15H2,1-3H3;2*(H,6,7)/t22-,23+;;/m1../s1. The molecule has 234 valence electrons. The topological polar surface area (TPSA) is 119 Å². The maximum atomic E-state index is 11.4. The van der Waals surface area contributed by atoms with Gasteiger partial charge in [-0.05, 0) is 69.6 Å². The van der Waals surface area contributed by atoms with E-state index in [0.717, 1.165) is 38.2 Å². The number of halogens is 6. The highest BCUT2D eigenvalue weighted by Gasteiger charge is 2.52. The van der Waals surface area contributed by atoms with Gasteiger partial charge in [0, 0.05) is 12.0 Å². The number of fused-ring (bicyclic) bond motifs is 2. The second kappa shape index (κ2) is 14.2. The Morgan fingerprint density at radius 1 is 0.976 bits per heavy atom. The van der Waals surface area contributed by atoms with Crippen LogP contribution in [0, 0.1) is 13.8 Å². The molecular formula is C28H34F6N2O6. The molecule has 4 N–H and O–H groups in total. The van der Waals surface area contributed by atoms with Crippen molar-refractivity contribution in [2.24, 2.45) is 0 Å². The molecule has 0 aromatic heterocycles. The summed E-state index contributed by atoms with van der Waals surface area (Å²) < 4.78 is 69.5. The van der Waals surface area contributed by atoms with Crippen LogP contribution in [0.3, 0.4) is 0 Å². The summed E-state index contributed by atoms with van der Waals surface area (Å²) in [5, 5.41) is 29.1. The number of likely N-dealkylation sites (N-methyl/N-ethyl adjacent to an activating group) is 1. The number of hydrogen-bond donors (Lipinski definition) is 4. The number of piperidine rings is 1. The minimum atomic E-state index is -5.08. The van der Waals surface area contributed by atoms with Gasteiger partial charge in [0.25, 0.3) is 0 Å². The number of aliphatic hydroxyl groups excluding tert-OH is 1. The van der Waals surface area contributed by atoms with Gasteiger partial charge in [0.15, 0.2) is 0 Å². The van der Waals surface area contributed by atoms with Gasteiger partial charge in [0.1, 0.15) is 12.4 Å². The average Bonchev–Trinajstić information content (AvgIpc) is 3.13. The number of aliphatic carboxylic acids is 2. The van der Waals surface area contributed by atoms with E-state index in [1.807, 2.05) is 0 Å². The largest absolute Gasteiger partial charge is 0.492 e. The van der Waals surface area contributed by atoms with Crippen LogP contribution in [0.5, 0.6) is 5.75 Å². The fourth-order valence-electron chi connectivity index (χ4n) is 5.16. The summed E-state index contributed by atoms with van der Waals surface area (Å²) in [5.41, 5.74) is 4.93. The molecule has 2 aliphatic rings. The first-order valence-electron chi connectivity index (χ1n) is 12.9. The van der Waals surface area contributed by atoms with Crippen molar-refractivity contribution < 1.29 is 56.0 Å². The zero-order valence-corrected chi connectivity index (χ0v) is 23.2. The van der Waals surface area contributed by atoms with E-state index in [0.29, 0.717) is 6.61 Å². The molecule has 2 atom stereocenters. The third kappa shape index (κ3) is 8.82. The van der Waals surface area contributed by atoms with Crippen LogP contribution in [0.1, 0.15) is 41.1 Å². The number of nitrogens with zero attached hydrogens (tertiary/aromatic N) is 1. The normalized spacial score (nSPS) is 19.2. The zero-order valence-electron chi connectivity index (χ0n) is 23.2. The Bertz CT molecular complexity index is 1190. The number of aryl methyl sites for hydroxylation is 2. The fraction of sp³-hybridized carbons (Fsp3) is 0.500. The Hall–Kier alpha value is -3.36. The molecule has 0 bridgehead atoms. The highest BCUT2D eigenvalue weighted by Crippen LogP contribution is 2.51. The molecule has 14 heteroatoms. The van der Waals surface area contributed by atoms with Crippen molar-refractivity contribution in [1.82, 2.24) is 10.2 Å². The Balaban J connectivity index is 0.000000367. The van der Waals surface area contributed by atoms with Crippen molar-refractivity contribution in [3.05, 3.63) is 64.7 Å². The number of nitrogens with one attached hydrogen (secondary N) is 1. The number of carbonyl (C=O) groups is 2. The van der Waals surface area contributed by atoms with Crippen LogP contribution in [0.2, 0.25) is 0 Å². The quantitative estimate of drug-likeness (QED) is 0.364. The summed E-state index contributed by atoms with van der Waals surface area (Å²) in [7, 11) is 2.11. The summed E-state index contributed by atoms with van der Waals surface area (Å²) in [6.07, 6.45) is -8.55. The number of carboxylic acids is 2. The van der Waals surface area contributed by atoms with Gasteiger partial charge in [-0.2, -0.15) is 26.3 Å². The summed E-state index contributed by atoms with van der Waals surface area (Å²) >= 11 is 0. The Kier molecular flexibility index (Phi) is 11.8. The van der Waals surface area contributed by atoms with Gasteiger partial charge in [0.2, 0.25) is 0 Å². The molecule has 0 saturated carbocycles. The number of alkyl halides is 6. The van der Waals surface area contributed by atoms with Crippen molar-refractivity contribution in [2.75, 3.05) is 33.3 Å². The molecule has 1 spiro atoms. The molecule has 8 nitrogen and oxygen atoms in total. The molecule has 4 rings (SSSR count). The molecule has 1 fully saturated rings. The Labute approximate surface area is 238 Å². The lowest BCUT2D eigenvalue weighted by Gasteiger charge is -2.40. The van der Waals surface area contributed by atoms with Crippen LogP contribution >= 0.6 is 0 Å². The molecule has 2 aromatic carbocycles. The first-order chi connectivity index (χ1) is 19.4. The number of hydrogen-bond acceptors (Lipinski definition) is 6. The number of rotatable bonds is 5. The predicted molar refractivity (Wildman–Crippen MR) is 140 cm³/mol. The Morgan fingerprint density at radius 2 is 1.50 bits per heavy atom. The van der Waals surface area contributed by atoms with Crippen molar-refractivity contribution in [3.63, 3.8) is 0 Å². The van der Waals surface area contributed by atoms with Crippen LogP contribution in [0.4, 0.5) is 26.3 Å². The molecule has 1 aliphatic carbocycles. The van der Waals surface area contributed by atoms with Crippen LogP contribution in [-0.4, -0.2) is 83.9 Å². The number of benzene rings is 2. The van der Waals surface area contributed by atoms with E-state index in [1.54, 1.807) is 0 Å². The molecule has 1 heterocycles. The fourth-order valence-corrected chi connectivity index (χ4v) is 5.16. The van der Waals surface area contributed by atoms with Gasteiger partial charge in [-0.25, -0.2) is 9.59 Å². The minimum absolute atomic E-state index is 0.0250. The van der Waals surface area contributed by atoms with Crippen molar-refractivity contribution >= 4 is 11.9 Å². The second-order valence-corrected chi connectivity index (χ2v) is 10.1. The third-order valence-electron chi connectivity index (χ3n) is 7.17. The van der Waals surface area contributed by atoms with Gasteiger partial charge in [-0.1, -0.05) is 42.0 Å². The average molecular weight is 609 g/mol. The molecule has 1 saturated heterocycles. The molecule has 1 aliphatic heterocycles. The smallest absolute Gasteiger partial charge is 0.490 e. The number of carboxylic acid groups (broad SMARTS) is 2. The minimum Gasteiger partial charge on any atom is -0.492 e. The highest BCUT2D eigenvalue weighted by molar-refractivity contribution is 5.73. The van der Waals surface area contributed by atoms with Gasteiger partial charge in [-0.15, -0.1) is 0 Å². The van der Waals surface area contributed by atoms with E-state index in [2.05, 4.69) is 73.6 Å². The summed E-state index contributed by atoms with van der Waals surface area (Å²) in [6.45, 7) is 7.51. The van der Waals surface area contributed by atoms with Crippen LogP contribution in [0.15, 0.2) is 42.5 Å². The predicted octanol–water partition coefficient (Wildman–Crippen LogP) is 4.62. The lowest BCUT2D eigenvalue weighted by molar-refractivity contribution is -0.193. The van der Waals surface area contributed by atoms with Gasteiger partial charge in [-0.3, -0.25) is 4.90 Å². The first-order valence-corrected chi connectivity index (χ1v) is 12.9. The van der Waals surface area contributed by atoms with Crippen molar-refractivity contribution in [1.29, 1.82) is 0 Å². The van der Waals surface area contributed by atoms with E-state index in [9.17, 15) is 31.4 Å².